The van der Waals surface area contributed by atoms with Crippen LogP contribution < -0.4 is 33.2 Å². The van der Waals surface area contributed by atoms with Crippen LogP contribution in [0.5, 0.6) is 0 Å². The first kappa shape index (κ1) is 52.0. The van der Waals surface area contributed by atoms with Gasteiger partial charge < -0.3 is 60.3 Å². The van der Waals surface area contributed by atoms with Crippen LogP contribution in [0, 0.1) is 17.5 Å². The smallest absolute Gasteiger partial charge is 0.408 e. The largest absolute Gasteiger partial charge is 0.483 e. The van der Waals surface area contributed by atoms with Crippen LogP contribution in [0.1, 0.15) is 59.6 Å². The van der Waals surface area contributed by atoms with Gasteiger partial charge in [-0.05, 0) is 71.7 Å². The quantitative estimate of drug-likeness (QED) is 0.0518. The number of nitrogens with two attached hydrogens (primary N) is 1. The van der Waals surface area contributed by atoms with Gasteiger partial charge in [0, 0.05) is 50.4 Å². The molecule has 0 bridgehead atoms. The average Bonchev–Trinajstić information content (AvgIpc) is 2.93. The second-order valence-electron chi connectivity index (χ2n) is 12.3. The van der Waals surface area contributed by atoms with Crippen molar-refractivity contribution >= 4 is 69.2 Å². The number of carboxylic acid groups (broad SMARTS) is 1. The molecule has 2 heterocycles. The molecular weight excluding hydrogens is 845 g/mol. The second kappa shape index (κ2) is 23.3. The van der Waals surface area contributed by atoms with Gasteiger partial charge >= 0.3 is 12.2 Å². The Morgan fingerprint density at radius 1 is 0.981 bits per heavy atom. The van der Waals surface area contributed by atoms with Crippen LogP contribution in [0.15, 0.2) is 34.8 Å². The number of ether oxygens (including phenoxy) is 2. The van der Waals surface area contributed by atoms with E-state index in [1.807, 2.05) is 12.1 Å². The number of aliphatic hydroxyl groups excluding tert-OH is 1. The first-order valence-electron chi connectivity index (χ1n) is 14.8. The molecular formula is C32H49BrN7O11Pd-. The summed E-state index contributed by atoms with van der Waals surface area (Å²) in [7, 11) is 0. The number of para-hydroxylation sites is 1. The van der Waals surface area contributed by atoms with Gasteiger partial charge in [0.2, 0.25) is 11.8 Å². The van der Waals surface area contributed by atoms with Gasteiger partial charge in [-0.3, -0.25) is 24.5 Å². The summed E-state index contributed by atoms with van der Waals surface area (Å²) >= 11 is 3.21. The van der Waals surface area contributed by atoms with E-state index in [2.05, 4.69) is 37.2 Å². The van der Waals surface area contributed by atoms with Crippen LogP contribution in [-0.2, 0) is 57.1 Å². The Kier molecular flexibility index (Phi) is 23.3. The average molecular weight is 894 g/mol. The Morgan fingerprint density at radius 3 is 1.79 bits per heavy atom. The second-order valence-corrected chi connectivity index (χ2v) is 13.2. The molecule has 11 N–H and O–H groups in total. The zero-order valence-corrected chi connectivity index (χ0v) is 33.4. The predicted molar refractivity (Wildman–Crippen MR) is 196 cm³/mol. The van der Waals surface area contributed by atoms with E-state index in [0.29, 0.717) is 27.8 Å². The van der Waals surface area contributed by atoms with E-state index in [1.54, 1.807) is 60.6 Å². The van der Waals surface area contributed by atoms with E-state index >= 15 is 0 Å². The van der Waals surface area contributed by atoms with E-state index < -0.39 is 46.3 Å². The number of rotatable bonds is 3. The molecule has 0 aliphatic carbocycles. The van der Waals surface area contributed by atoms with Gasteiger partial charge in [0.1, 0.15) is 29.0 Å². The van der Waals surface area contributed by atoms with Gasteiger partial charge in [-0.2, -0.15) is 0 Å². The van der Waals surface area contributed by atoms with Crippen molar-refractivity contribution < 1.29 is 69.0 Å². The fourth-order valence-corrected chi connectivity index (χ4v) is 4.71. The zero-order valence-electron chi connectivity index (χ0n) is 30.2. The molecule has 2 atom stereocenters. The number of nitro benzene ring substituents is 1. The molecule has 2 aromatic rings. The molecule has 0 spiro atoms. The first-order valence-corrected chi connectivity index (χ1v) is 15.6. The molecule has 0 fully saturated rings. The van der Waals surface area contributed by atoms with Gasteiger partial charge in [0.25, 0.3) is 12.2 Å². The minimum absolute atomic E-state index is 0. The van der Waals surface area contributed by atoms with Crippen LogP contribution in [0.3, 0.4) is 0 Å². The molecule has 2 aliphatic heterocycles. The van der Waals surface area contributed by atoms with Gasteiger partial charge in [0.15, 0.2) is 0 Å². The van der Waals surface area contributed by atoms with E-state index in [-0.39, 0.29) is 70.8 Å². The van der Waals surface area contributed by atoms with Crippen LogP contribution >= 0.6 is 15.9 Å². The molecule has 296 valence electrons. The molecule has 52 heavy (non-hydrogen) atoms. The summed E-state index contributed by atoms with van der Waals surface area (Å²) in [4.78, 5) is 66.5. The van der Waals surface area contributed by atoms with E-state index in [9.17, 15) is 29.3 Å². The fraction of sp³-hybridized carbons (Fsp3) is 0.438. The molecule has 4 amide bonds. The van der Waals surface area contributed by atoms with Crippen molar-refractivity contribution in [2.24, 2.45) is 0 Å². The predicted octanol–water partition coefficient (Wildman–Crippen LogP) is 4.71. The summed E-state index contributed by atoms with van der Waals surface area (Å²) in [6, 6.07) is 6.89. The normalized spacial score (nSPS) is 15.0. The van der Waals surface area contributed by atoms with Crippen LogP contribution in [-0.4, -0.2) is 75.5 Å². The van der Waals surface area contributed by atoms with E-state index in [1.165, 1.54) is 6.07 Å². The third-order valence-corrected chi connectivity index (χ3v) is 6.36. The summed E-state index contributed by atoms with van der Waals surface area (Å²) < 4.78 is 10.8. The first-order chi connectivity index (χ1) is 22.7. The summed E-state index contributed by atoms with van der Waals surface area (Å²) in [6.07, 6.45) is -0.790. The molecule has 18 nitrogen and oxygen atoms in total. The Morgan fingerprint density at radius 2 is 1.38 bits per heavy atom. The number of carbonyl (C=O) groups is 5. The zero-order chi connectivity index (χ0) is 37.7. The van der Waals surface area contributed by atoms with Crippen molar-refractivity contribution in [2.45, 2.75) is 84.6 Å². The third kappa shape index (κ3) is 17.7. The maximum Gasteiger partial charge on any atom is 0.408 e. The van der Waals surface area contributed by atoms with Gasteiger partial charge in [-0.15, -0.1) is 0 Å². The Labute approximate surface area is 324 Å². The number of hydrogen-bond acceptors (Lipinski definition) is 12. The molecule has 4 rings (SSSR count). The number of hydrogen-bond donors (Lipinski definition) is 8. The molecule has 0 saturated carbocycles. The Balaban J connectivity index is -0.000000767. The number of amides is 4. The number of aliphatic hydroxyl groups is 1. The van der Waals surface area contributed by atoms with Crippen molar-refractivity contribution in [3.63, 3.8) is 0 Å². The molecule has 2 unspecified atom stereocenters. The summed E-state index contributed by atoms with van der Waals surface area (Å²) in [5.74, 6) is -0.810. The van der Waals surface area contributed by atoms with Crippen molar-refractivity contribution in [3.8, 4) is 0 Å². The van der Waals surface area contributed by atoms with Gasteiger partial charge in [-0.1, -0.05) is 28.1 Å². The minimum Gasteiger partial charge on any atom is -0.483 e. The number of nitrogens with zero attached hydrogens (tertiary/aromatic N) is 1. The van der Waals surface area contributed by atoms with Crippen molar-refractivity contribution in [1.29, 1.82) is 0 Å². The van der Waals surface area contributed by atoms with Crippen LogP contribution in [0.25, 0.3) is 0 Å². The molecule has 2 aromatic carbocycles. The summed E-state index contributed by atoms with van der Waals surface area (Å²) in [6.45, 7) is 12.1. The molecule has 0 radical (unpaired) electrons. The Bertz CT molecular complexity index is 1530. The number of alkyl carbamates (subject to hydrolysis) is 2. The summed E-state index contributed by atoms with van der Waals surface area (Å²) in [5.41, 5.74) is 7.08. The number of carbonyl (C=O) groups excluding carboxylic acids is 4. The maximum atomic E-state index is 12.1. The minimum atomic E-state index is -0.855. The van der Waals surface area contributed by atoms with Crippen molar-refractivity contribution in [2.75, 3.05) is 23.0 Å². The summed E-state index contributed by atoms with van der Waals surface area (Å²) in [5, 5.41) is 35.8. The topological polar surface area (TPSA) is 297 Å². The molecule has 2 aliphatic rings. The number of nitrogens with one attached hydrogen (secondary N) is 4. The Hall–Kier alpha value is -4.35. The number of anilines is 3. The number of fused-ring (bicyclic) bond motifs is 2. The molecule has 0 aromatic heterocycles. The molecule has 0 saturated heterocycles. The number of halogens is 1. The number of nitro groups is 1. The van der Waals surface area contributed by atoms with Crippen molar-refractivity contribution in [1.82, 2.24) is 16.8 Å². The van der Waals surface area contributed by atoms with E-state index in [4.69, 9.17) is 30.2 Å². The molecule has 20 heteroatoms. The van der Waals surface area contributed by atoms with Crippen LogP contribution in [0.2, 0.25) is 0 Å². The van der Waals surface area contributed by atoms with Crippen LogP contribution in [0.4, 0.5) is 32.3 Å². The van der Waals surface area contributed by atoms with E-state index in [0.717, 1.165) is 5.56 Å². The van der Waals surface area contributed by atoms with Gasteiger partial charge in [-0.25, -0.2) is 9.59 Å². The van der Waals surface area contributed by atoms with Crippen molar-refractivity contribution in [3.05, 3.63) is 63.5 Å². The number of nitrogen functional groups attached to an aromatic ring is 1. The fourth-order valence-electron chi connectivity index (χ4n) is 4.22. The number of benzene rings is 2. The maximum absolute atomic E-state index is 12.1. The monoisotopic (exact) mass is 892 g/mol. The third-order valence-electron chi connectivity index (χ3n) is 5.90. The SMILES string of the molecule is CC(C)(C)OC(=O)NC1Cc2cc(Br)cc([N+](=O)[O-])c2NC1=O.CC(C)(C)OC(=O)NC1Cc2cccc(N)c2NC1=O.CCO.N.O=CO.[CH3-].[Pd]. The standard InChI is InChI=1S/C14H16BrN3O5.C14H19N3O3.C2H6O.CH2O2.CH3.H3N.Pd/c1-14(2,3)23-13(20)16-9-5-7-4-8(15)6-10(18(21)22)11(7)17-12(9)19;1-14(2,3)20-13(19)16-10-7-8-5-4-6-9(15)11(8)17-12(10)18;1-2-3;2-1-3;;;/h4,6,9H,5H2,1-3H3,(H,16,20)(H,17,19);4-6,10H,7,15H2,1-3H3,(H,16,19)(H,17,18);3H,2H2,1H3;1H,(H,2,3);2*1H3;/q;;;;-1;;. The van der Waals surface area contributed by atoms with Gasteiger partial charge in [0.05, 0.1) is 16.3 Å².